The van der Waals surface area contributed by atoms with Gasteiger partial charge in [0, 0.05) is 12.5 Å². The smallest absolute Gasteiger partial charge is 0.244 e. The minimum absolute atomic E-state index is 0.0815. The molecule has 0 spiro atoms. The Balaban J connectivity index is 1.55. The normalized spacial score (nSPS) is 17.9. The molecule has 1 saturated heterocycles. The summed E-state index contributed by atoms with van der Waals surface area (Å²) in [6.45, 7) is 7.48. The summed E-state index contributed by atoms with van der Waals surface area (Å²) < 4.78 is 25.3. The highest BCUT2D eigenvalue weighted by Gasteiger charge is 2.32. The fourth-order valence-electron chi connectivity index (χ4n) is 3.43. The van der Waals surface area contributed by atoms with Gasteiger partial charge in [0.2, 0.25) is 11.8 Å². The molecule has 0 radical (unpaired) electrons. The molecule has 1 fully saturated rings. The number of benzene rings is 1. The van der Waals surface area contributed by atoms with Crippen molar-refractivity contribution in [1.82, 2.24) is 20.0 Å². The maximum atomic E-state index is 14.0. The molecular weight excluding hydrogens is 347 g/mol. The van der Waals surface area contributed by atoms with Crippen LogP contribution in [0.5, 0.6) is 0 Å². The standard InChI is InChI=1S/C20H23FN4O2/c1-12(2)18-23-20(27-24-18)17-9-6-10-25(17)11-16-13(3)26-19(22-16)14-7-4-5-8-15(14)21/h4-5,7-8,12,17H,6,9-11H2,1-3H3. The molecule has 0 aliphatic carbocycles. The molecule has 1 unspecified atom stereocenters. The van der Waals surface area contributed by atoms with Gasteiger partial charge in [0.05, 0.1) is 17.3 Å². The Bertz CT molecular complexity index is 934. The third-order valence-corrected chi connectivity index (χ3v) is 4.97. The van der Waals surface area contributed by atoms with Crippen molar-refractivity contribution in [2.75, 3.05) is 6.54 Å². The molecule has 142 valence electrons. The molecule has 27 heavy (non-hydrogen) atoms. The number of rotatable bonds is 5. The van der Waals surface area contributed by atoms with Crippen molar-refractivity contribution in [3.63, 3.8) is 0 Å². The topological polar surface area (TPSA) is 68.2 Å². The summed E-state index contributed by atoms with van der Waals surface area (Å²) in [7, 11) is 0. The van der Waals surface area contributed by atoms with Gasteiger partial charge in [0.15, 0.2) is 5.82 Å². The summed E-state index contributed by atoms with van der Waals surface area (Å²) in [6, 6.07) is 6.59. The van der Waals surface area contributed by atoms with E-state index in [1.54, 1.807) is 18.2 Å². The Hall–Kier alpha value is -2.54. The maximum Gasteiger partial charge on any atom is 0.244 e. The Kier molecular flexibility index (Phi) is 4.78. The lowest BCUT2D eigenvalue weighted by Gasteiger charge is -2.20. The molecule has 0 amide bonds. The highest BCUT2D eigenvalue weighted by Crippen LogP contribution is 2.34. The van der Waals surface area contributed by atoms with Crippen LogP contribution in [0.15, 0.2) is 33.2 Å². The second-order valence-corrected chi connectivity index (χ2v) is 7.28. The average molecular weight is 370 g/mol. The Morgan fingerprint density at radius 2 is 2.07 bits per heavy atom. The molecule has 1 atom stereocenters. The van der Waals surface area contributed by atoms with Crippen LogP contribution in [0.3, 0.4) is 0 Å². The minimum atomic E-state index is -0.337. The van der Waals surface area contributed by atoms with Crippen LogP contribution in [-0.4, -0.2) is 26.6 Å². The van der Waals surface area contributed by atoms with E-state index in [0.717, 1.165) is 30.9 Å². The number of aryl methyl sites for hydroxylation is 1. The van der Waals surface area contributed by atoms with Crippen molar-refractivity contribution in [3.05, 3.63) is 53.3 Å². The number of hydrogen-bond acceptors (Lipinski definition) is 6. The largest absolute Gasteiger partial charge is 0.441 e. The van der Waals surface area contributed by atoms with E-state index >= 15 is 0 Å². The molecule has 2 aromatic heterocycles. The summed E-state index contributed by atoms with van der Waals surface area (Å²) in [4.78, 5) is 11.4. The summed E-state index contributed by atoms with van der Waals surface area (Å²) >= 11 is 0. The van der Waals surface area contributed by atoms with Gasteiger partial charge in [-0.05, 0) is 38.4 Å². The van der Waals surface area contributed by atoms with E-state index in [4.69, 9.17) is 8.94 Å². The number of nitrogens with zero attached hydrogens (tertiary/aromatic N) is 4. The summed E-state index contributed by atoms with van der Waals surface area (Å²) in [5.74, 6) is 2.31. The molecule has 1 aliphatic heterocycles. The Labute approximate surface area is 157 Å². The lowest BCUT2D eigenvalue weighted by atomic mass is 10.2. The zero-order valence-corrected chi connectivity index (χ0v) is 15.8. The molecular formula is C20H23FN4O2. The predicted octanol–water partition coefficient (Wildman–Crippen LogP) is 4.63. The molecule has 1 aliphatic rings. The van der Waals surface area contributed by atoms with E-state index in [9.17, 15) is 4.39 Å². The third kappa shape index (κ3) is 3.51. The van der Waals surface area contributed by atoms with E-state index in [2.05, 4.69) is 20.0 Å². The first-order valence-corrected chi connectivity index (χ1v) is 9.31. The molecule has 7 heteroatoms. The fourth-order valence-corrected chi connectivity index (χ4v) is 3.43. The second-order valence-electron chi connectivity index (χ2n) is 7.28. The van der Waals surface area contributed by atoms with Crippen LogP contribution in [0.4, 0.5) is 4.39 Å². The second kappa shape index (κ2) is 7.23. The number of likely N-dealkylation sites (tertiary alicyclic amines) is 1. The first-order chi connectivity index (χ1) is 13.0. The average Bonchev–Trinajstić information content (AvgIpc) is 3.36. The van der Waals surface area contributed by atoms with E-state index in [-0.39, 0.29) is 17.8 Å². The zero-order valence-electron chi connectivity index (χ0n) is 15.8. The molecule has 1 aromatic carbocycles. The van der Waals surface area contributed by atoms with Crippen LogP contribution in [0.2, 0.25) is 0 Å². The van der Waals surface area contributed by atoms with Crippen molar-refractivity contribution in [2.24, 2.45) is 0 Å². The van der Waals surface area contributed by atoms with E-state index in [0.29, 0.717) is 29.6 Å². The quantitative estimate of drug-likeness (QED) is 0.652. The zero-order chi connectivity index (χ0) is 19.0. The van der Waals surface area contributed by atoms with Gasteiger partial charge in [-0.1, -0.05) is 31.1 Å². The molecule has 6 nitrogen and oxygen atoms in total. The van der Waals surface area contributed by atoms with Gasteiger partial charge in [0.25, 0.3) is 0 Å². The van der Waals surface area contributed by atoms with Gasteiger partial charge < -0.3 is 8.94 Å². The van der Waals surface area contributed by atoms with Gasteiger partial charge >= 0.3 is 0 Å². The summed E-state index contributed by atoms with van der Waals surface area (Å²) in [5.41, 5.74) is 1.19. The van der Waals surface area contributed by atoms with Crippen LogP contribution in [0, 0.1) is 12.7 Å². The van der Waals surface area contributed by atoms with E-state index in [1.807, 2.05) is 20.8 Å². The van der Waals surface area contributed by atoms with Crippen molar-refractivity contribution < 1.29 is 13.3 Å². The third-order valence-electron chi connectivity index (χ3n) is 4.97. The van der Waals surface area contributed by atoms with Gasteiger partial charge in [-0.3, -0.25) is 4.90 Å². The molecule has 3 heterocycles. The lowest BCUT2D eigenvalue weighted by Crippen LogP contribution is -2.23. The molecule has 0 N–H and O–H groups in total. The summed E-state index contributed by atoms with van der Waals surface area (Å²) in [6.07, 6.45) is 2.03. The number of oxazole rings is 1. The molecule has 0 bridgehead atoms. The highest BCUT2D eigenvalue weighted by molar-refractivity contribution is 5.54. The van der Waals surface area contributed by atoms with Crippen molar-refractivity contribution in [2.45, 2.75) is 52.1 Å². The van der Waals surface area contributed by atoms with Gasteiger partial charge in [-0.15, -0.1) is 0 Å². The predicted molar refractivity (Wildman–Crippen MR) is 97.4 cm³/mol. The van der Waals surface area contributed by atoms with E-state index in [1.165, 1.54) is 6.07 Å². The summed E-state index contributed by atoms with van der Waals surface area (Å²) in [5, 5.41) is 4.08. The highest BCUT2D eigenvalue weighted by atomic mass is 19.1. The van der Waals surface area contributed by atoms with Gasteiger partial charge in [0.1, 0.15) is 11.6 Å². The molecule has 4 rings (SSSR count). The number of halogens is 1. The SMILES string of the molecule is Cc1oc(-c2ccccc2F)nc1CN1CCCC1c1nc(C(C)C)no1. The monoisotopic (exact) mass is 370 g/mol. The van der Waals surface area contributed by atoms with Crippen LogP contribution in [0.25, 0.3) is 11.5 Å². The van der Waals surface area contributed by atoms with Crippen LogP contribution >= 0.6 is 0 Å². The number of hydrogen-bond donors (Lipinski definition) is 0. The van der Waals surface area contributed by atoms with Crippen molar-refractivity contribution >= 4 is 0 Å². The first kappa shape index (κ1) is 17.9. The fraction of sp³-hybridized carbons (Fsp3) is 0.450. The minimum Gasteiger partial charge on any atom is -0.441 e. The molecule has 0 saturated carbocycles. The Morgan fingerprint density at radius 1 is 1.26 bits per heavy atom. The van der Waals surface area contributed by atoms with Crippen molar-refractivity contribution in [1.29, 1.82) is 0 Å². The number of aromatic nitrogens is 3. The van der Waals surface area contributed by atoms with Crippen molar-refractivity contribution in [3.8, 4) is 11.5 Å². The maximum absolute atomic E-state index is 14.0. The lowest BCUT2D eigenvalue weighted by molar-refractivity contribution is 0.198. The van der Waals surface area contributed by atoms with Gasteiger partial charge in [-0.2, -0.15) is 4.98 Å². The Morgan fingerprint density at radius 3 is 2.81 bits per heavy atom. The first-order valence-electron chi connectivity index (χ1n) is 9.31. The van der Waals surface area contributed by atoms with Crippen LogP contribution in [-0.2, 0) is 6.54 Å². The van der Waals surface area contributed by atoms with E-state index < -0.39 is 0 Å². The van der Waals surface area contributed by atoms with Crippen LogP contribution in [0.1, 0.15) is 61.8 Å². The molecule has 3 aromatic rings. The van der Waals surface area contributed by atoms with Crippen LogP contribution < -0.4 is 0 Å². The van der Waals surface area contributed by atoms with Gasteiger partial charge in [-0.25, -0.2) is 9.37 Å².